The zero-order valence-electron chi connectivity index (χ0n) is 18.2. The molecule has 1 aliphatic rings. The summed E-state index contributed by atoms with van der Waals surface area (Å²) in [6.07, 6.45) is 4.83. The Kier molecular flexibility index (Phi) is 8.96. The number of phenolic OH excluding ortho intramolecular Hbond substituents is 1. The molecule has 1 atom stereocenters. The van der Waals surface area contributed by atoms with Crippen molar-refractivity contribution >= 4 is 54.1 Å². The minimum Gasteiger partial charge on any atom is -0.507 e. The Balaban J connectivity index is 1.79. The quantitative estimate of drug-likeness (QED) is 0.261. The Morgan fingerprint density at radius 3 is 2.44 bits per heavy atom. The van der Waals surface area contributed by atoms with Gasteiger partial charge in [0.25, 0.3) is 0 Å². The number of aliphatic carboxylic acids is 1. The SMILES string of the molecule is CC(ON=Cc1cc(Br)c(Oc2ccc(O)c(S(=O)(=O)NC3CCCCC3)c2)c(Br)c1)C(=O)O. The molecule has 1 unspecified atom stereocenters. The Morgan fingerprint density at radius 2 is 1.82 bits per heavy atom. The topological polar surface area (TPSA) is 135 Å². The van der Waals surface area contributed by atoms with E-state index in [0.717, 1.165) is 32.1 Å². The molecule has 184 valence electrons. The molecular weight excluding hydrogens is 596 g/mol. The van der Waals surface area contributed by atoms with Crippen LogP contribution in [0.1, 0.15) is 44.6 Å². The lowest BCUT2D eigenvalue weighted by Gasteiger charge is -2.23. The largest absolute Gasteiger partial charge is 0.507 e. The maximum Gasteiger partial charge on any atom is 0.347 e. The number of rotatable bonds is 9. The van der Waals surface area contributed by atoms with Crippen LogP contribution in [0, 0.1) is 0 Å². The molecule has 0 saturated heterocycles. The first-order valence-corrected chi connectivity index (χ1v) is 13.6. The summed E-state index contributed by atoms with van der Waals surface area (Å²) in [4.78, 5) is 15.4. The van der Waals surface area contributed by atoms with Gasteiger partial charge in [-0.3, -0.25) is 0 Å². The van der Waals surface area contributed by atoms with Gasteiger partial charge in [0, 0.05) is 12.1 Å². The summed E-state index contributed by atoms with van der Waals surface area (Å²) in [5.74, 6) is -0.919. The van der Waals surface area contributed by atoms with Crippen molar-refractivity contribution in [2.75, 3.05) is 0 Å². The van der Waals surface area contributed by atoms with E-state index in [1.165, 1.54) is 31.3 Å². The van der Waals surface area contributed by atoms with Crippen molar-refractivity contribution < 1.29 is 33.0 Å². The molecule has 1 saturated carbocycles. The molecule has 9 nitrogen and oxygen atoms in total. The van der Waals surface area contributed by atoms with E-state index < -0.39 is 22.1 Å². The highest BCUT2D eigenvalue weighted by Crippen LogP contribution is 2.39. The van der Waals surface area contributed by atoms with E-state index in [0.29, 0.717) is 20.3 Å². The van der Waals surface area contributed by atoms with E-state index in [1.807, 2.05) is 0 Å². The number of benzene rings is 2. The molecule has 1 fully saturated rings. The van der Waals surface area contributed by atoms with Crippen LogP contribution in [-0.2, 0) is 19.7 Å². The lowest BCUT2D eigenvalue weighted by atomic mass is 9.96. The fourth-order valence-electron chi connectivity index (χ4n) is 3.37. The van der Waals surface area contributed by atoms with Crippen molar-refractivity contribution in [3.05, 3.63) is 44.8 Å². The van der Waals surface area contributed by atoms with E-state index >= 15 is 0 Å². The predicted octanol–water partition coefficient (Wildman–Crippen LogP) is 5.14. The third kappa shape index (κ3) is 6.94. The van der Waals surface area contributed by atoms with Gasteiger partial charge in [0.1, 0.15) is 16.4 Å². The average Bonchev–Trinajstić information content (AvgIpc) is 2.77. The van der Waals surface area contributed by atoms with Gasteiger partial charge in [-0.05, 0) is 81.5 Å². The highest BCUT2D eigenvalue weighted by Gasteiger charge is 2.25. The van der Waals surface area contributed by atoms with Crippen LogP contribution in [0.4, 0.5) is 0 Å². The van der Waals surface area contributed by atoms with Gasteiger partial charge in [0.05, 0.1) is 15.2 Å². The number of carbonyl (C=O) groups is 1. The van der Waals surface area contributed by atoms with E-state index in [4.69, 9.17) is 14.7 Å². The van der Waals surface area contributed by atoms with Crippen LogP contribution in [0.3, 0.4) is 0 Å². The number of halogens is 2. The van der Waals surface area contributed by atoms with Crippen LogP contribution in [-0.4, -0.2) is 43.0 Å². The second-order valence-electron chi connectivity index (χ2n) is 7.82. The van der Waals surface area contributed by atoms with Gasteiger partial charge in [0.15, 0.2) is 5.75 Å². The molecule has 0 aromatic heterocycles. The van der Waals surface area contributed by atoms with E-state index in [9.17, 15) is 18.3 Å². The summed E-state index contributed by atoms with van der Waals surface area (Å²) in [6, 6.07) is 7.19. The lowest BCUT2D eigenvalue weighted by molar-refractivity contribution is -0.149. The van der Waals surface area contributed by atoms with Gasteiger partial charge < -0.3 is 19.8 Å². The standard InChI is InChI=1S/C22H24Br2N2O7S/c1-13(22(28)29)33-25-12-14-9-17(23)21(18(24)10-14)32-16-7-8-19(27)20(11-16)34(30,31)26-15-5-3-2-4-6-15/h7-13,15,26-27H,2-6H2,1H3,(H,28,29). The number of aromatic hydroxyl groups is 1. The Morgan fingerprint density at radius 1 is 1.18 bits per heavy atom. The summed E-state index contributed by atoms with van der Waals surface area (Å²) in [7, 11) is -3.93. The number of ether oxygens (including phenoxy) is 1. The van der Waals surface area contributed by atoms with E-state index in [-0.39, 0.29) is 22.4 Å². The van der Waals surface area contributed by atoms with Gasteiger partial charge in [-0.15, -0.1) is 0 Å². The maximum atomic E-state index is 12.9. The monoisotopic (exact) mass is 618 g/mol. The average molecular weight is 620 g/mol. The molecule has 2 aromatic rings. The fourth-order valence-corrected chi connectivity index (χ4v) is 6.17. The molecule has 3 N–H and O–H groups in total. The molecule has 2 aromatic carbocycles. The molecule has 0 bridgehead atoms. The number of sulfonamides is 1. The summed E-state index contributed by atoms with van der Waals surface area (Å²) < 4.78 is 35.4. The molecule has 3 rings (SSSR count). The Bertz CT molecular complexity index is 1160. The predicted molar refractivity (Wildman–Crippen MR) is 133 cm³/mol. The van der Waals surface area contributed by atoms with E-state index in [2.05, 4.69) is 41.7 Å². The summed E-state index contributed by atoms with van der Waals surface area (Å²) in [5, 5.41) is 22.7. The highest BCUT2D eigenvalue weighted by atomic mass is 79.9. The molecule has 0 spiro atoms. The van der Waals surface area contributed by atoms with Gasteiger partial charge in [0.2, 0.25) is 16.1 Å². The van der Waals surface area contributed by atoms with E-state index in [1.54, 1.807) is 12.1 Å². The first-order valence-electron chi connectivity index (χ1n) is 10.5. The van der Waals surface area contributed by atoms with Crippen LogP contribution < -0.4 is 9.46 Å². The maximum absolute atomic E-state index is 12.9. The molecule has 0 amide bonds. The van der Waals surface area contributed by atoms with Crippen molar-refractivity contribution in [2.24, 2.45) is 5.16 Å². The Hall–Kier alpha value is -2.15. The third-order valence-corrected chi connectivity index (χ3v) is 7.88. The minimum atomic E-state index is -3.93. The number of nitrogens with one attached hydrogen (secondary N) is 1. The number of nitrogens with zero attached hydrogens (tertiary/aromatic N) is 1. The van der Waals surface area contributed by atoms with Crippen LogP contribution in [0.5, 0.6) is 17.2 Å². The van der Waals surface area contributed by atoms with Gasteiger partial charge >= 0.3 is 5.97 Å². The molecule has 0 heterocycles. The summed E-state index contributed by atoms with van der Waals surface area (Å²) in [6.45, 7) is 1.36. The third-order valence-electron chi connectivity index (χ3n) is 5.16. The number of carboxylic acids is 1. The van der Waals surface area contributed by atoms with Crippen molar-refractivity contribution in [2.45, 2.75) is 56.1 Å². The van der Waals surface area contributed by atoms with Gasteiger partial charge in [-0.2, -0.15) is 0 Å². The minimum absolute atomic E-state index is 0.150. The molecule has 0 radical (unpaired) electrons. The highest BCUT2D eigenvalue weighted by molar-refractivity contribution is 9.11. The van der Waals surface area contributed by atoms with Crippen LogP contribution in [0.25, 0.3) is 0 Å². The zero-order valence-corrected chi connectivity index (χ0v) is 22.2. The first-order chi connectivity index (χ1) is 16.1. The first kappa shape index (κ1) is 26.5. The number of hydrogen-bond donors (Lipinski definition) is 3. The van der Waals surface area contributed by atoms with Crippen molar-refractivity contribution in [1.82, 2.24) is 4.72 Å². The number of carboxylic acid groups (broad SMARTS) is 1. The molecular formula is C22H24Br2N2O7S. The van der Waals surface area contributed by atoms with Crippen LogP contribution in [0.15, 0.2) is 49.3 Å². The van der Waals surface area contributed by atoms with Gasteiger partial charge in [-0.25, -0.2) is 17.9 Å². The number of oxime groups is 1. The van der Waals surface area contributed by atoms with Crippen LogP contribution in [0.2, 0.25) is 0 Å². The van der Waals surface area contributed by atoms with Gasteiger partial charge in [-0.1, -0.05) is 24.4 Å². The Labute approximate surface area is 214 Å². The van der Waals surface area contributed by atoms with Crippen molar-refractivity contribution in [3.63, 3.8) is 0 Å². The number of hydrogen-bond acceptors (Lipinski definition) is 7. The molecule has 12 heteroatoms. The lowest BCUT2D eigenvalue weighted by Crippen LogP contribution is -2.36. The molecule has 34 heavy (non-hydrogen) atoms. The molecule has 1 aliphatic carbocycles. The summed E-state index contributed by atoms with van der Waals surface area (Å²) in [5.41, 5.74) is 0.592. The second-order valence-corrected chi connectivity index (χ2v) is 11.2. The van der Waals surface area contributed by atoms with Crippen molar-refractivity contribution in [1.29, 1.82) is 0 Å². The normalized spacial score (nSPS) is 15.9. The zero-order chi connectivity index (χ0) is 24.9. The number of phenols is 1. The smallest absolute Gasteiger partial charge is 0.347 e. The second kappa shape index (κ2) is 11.5. The van der Waals surface area contributed by atoms with Crippen molar-refractivity contribution in [3.8, 4) is 17.2 Å². The summed E-state index contributed by atoms with van der Waals surface area (Å²) >= 11 is 6.81. The molecule has 0 aliphatic heterocycles. The fraction of sp³-hybridized carbons (Fsp3) is 0.364. The van der Waals surface area contributed by atoms with Crippen LogP contribution >= 0.6 is 31.9 Å².